The van der Waals surface area contributed by atoms with Gasteiger partial charge in [0, 0.05) is 56.9 Å². The first-order valence-corrected chi connectivity index (χ1v) is 15.3. The Labute approximate surface area is 258 Å². The Balaban J connectivity index is 1.21. The topological polar surface area (TPSA) is 113 Å². The highest BCUT2D eigenvalue weighted by molar-refractivity contribution is 5.91. The smallest absolute Gasteiger partial charge is 0.325 e. The van der Waals surface area contributed by atoms with Gasteiger partial charge in [0.05, 0.1) is 25.4 Å². The number of piperazine rings is 1. The van der Waals surface area contributed by atoms with E-state index in [1.165, 1.54) is 5.56 Å². The van der Waals surface area contributed by atoms with E-state index in [1.807, 2.05) is 36.4 Å². The Morgan fingerprint density at radius 1 is 0.864 bits per heavy atom. The van der Waals surface area contributed by atoms with Crippen LogP contribution in [0.15, 0.2) is 78.9 Å². The summed E-state index contributed by atoms with van der Waals surface area (Å²) in [5.41, 5.74) is 4.66. The van der Waals surface area contributed by atoms with Crippen molar-refractivity contribution in [3.63, 3.8) is 0 Å². The minimum Gasteiger partial charge on any atom is -0.465 e. The summed E-state index contributed by atoms with van der Waals surface area (Å²) < 4.78 is 17.9. The lowest BCUT2D eigenvalue weighted by Gasteiger charge is -2.40. The number of rotatable bonds is 11. The van der Waals surface area contributed by atoms with E-state index in [0.29, 0.717) is 5.69 Å². The predicted octanol–water partition coefficient (Wildman–Crippen LogP) is 4.23. The van der Waals surface area contributed by atoms with E-state index < -0.39 is 18.3 Å². The zero-order valence-electron chi connectivity index (χ0n) is 25.2. The Morgan fingerprint density at radius 2 is 1.55 bits per heavy atom. The summed E-state index contributed by atoms with van der Waals surface area (Å²) >= 11 is 0. The predicted molar refractivity (Wildman–Crippen MR) is 167 cm³/mol. The summed E-state index contributed by atoms with van der Waals surface area (Å²) in [6.07, 6.45) is -0.0671. The van der Waals surface area contributed by atoms with Crippen molar-refractivity contribution >= 4 is 17.7 Å². The number of carbonyl (C=O) groups excluding carboxylic acids is 2. The SMILES string of the molecule is CCOC(=O)CNC(=O)Nc1ccc([C@@H]2O[C@H](CN3CCN(Cc4ccccc4)CC3)C[C@H](c3ccc(CO)cc3)O2)cc1. The molecule has 3 aromatic rings. The van der Waals surface area contributed by atoms with E-state index >= 15 is 0 Å². The van der Waals surface area contributed by atoms with E-state index in [-0.39, 0.29) is 32.0 Å². The number of anilines is 1. The maximum atomic E-state index is 12.2. The van der Waals surface area contributed by atoms with Gasteiger partial charge in [-0.15, -0.1) is 0 Å². The van der Waals surface area contributed by atoms with Crippen molar-refractivity contribution in [1.82, 2.24) is 15.1 Å². The lowest BCUT2D eigenvalue weighted by Crippen LogP contribution is -2.49. The summed E-state index contributed by atoms with van der Waals surface area (Å²) in [4.78, 5) is 28.7. The molecule has 0 radical (unpaired) electrons. The number of esters is 1. The molecule has 2 aliphatic rings. The maximum absolute atomic E-state index is 12.2. The minimum atomic E-state index is -0.581. The number of nitrogens with zero attached hydrogens (tertiary/aromatic N) is 2. The molecule has 2 saturated heterocycles. The third-order valence-corrected chi connectivity index (χ3v) is 7.93. The van der Waals surface area contributed by atoms with Gasteiger partial charge in [0.25, 0.3) is 0 Å². The molecule has 0 unspecified atom stereocenters. The molecule has 5 rings (SSSR count). The fourth-order valence-electron chi connectivity index (χ4n) is 5.56. The van der Waals surface area contributed by atoms with Crippen molar-refractivity contribution in [2.45, 2.75) is 45.0 Å². The molecule has 2 aliphatic heterocycles. The van der Waals surface area contributed by atoms with Gasteiger partial charge in [-0.1, -0.05) is 66.7 Å². The third-order valence-electron chi connectivity index (χ3n) is 7.93. The highest BCUT2D eigenvalue weighted by atomic mass is 16.7. The first-order valence-electron chi connectivity index (χ1n) is 15.3. The Kier molecular flexibility index (Phi) is 11.3. The van der Waals surface area contributed by atoms with Gasteiger partial charge in [0.15, 0.2) is 6.29 Å². The van der Waals surface area contributed by atoms with Gasteiger partial charge in [-0.2, -0.15) is 0 Å². The second-order valence-corrected chi connectivity index (χ2v) is 11.1. The van der Waals surface area contributed by atoms with Gasteiger partial charge in [-0.05, 0) is 35.7 Å². The molecule has 10 nitrogen and oxygen atoms in total. The van der Waals surface area contributed by atoms with E-state index in [1.54, 1.807) is 19.1 Å². The lowest BCUT2D eigenvalue weighted by atomic mass is 9.99. The summed E-state index contributed by atoms with van der Waals surface area (Å²) in [5, 5.41) is 14.7. The van der Waals surface area contributed by atoms with Crippen LogP contribution in [0.2, 0.25) is 0 Å². The molecule has 2 amide bonds. The number of urea groups is 1. The van der Waals surface area contributed by atoms with Crippen LogP contribution in [0.1, 0.15) is 48.0 Å². The first-order chi connectivity index (χ1) is 21.5. The molecule has 3 aromatic carbocycles. The largest absolute Gasteiger partial charge is 0.465 e. The molecule has 2 heterocycles. The molecule has 0 aromatic heterocycles. The molecule has 3 N–H and O–H groups in total. The van der Waals surface area contributed by atoms with E-state index in [4.69, 9.17) is 14.2 Å². The van der Waals surface area contributed by atoms with Gasteiger partial charge in [0.2, 0.25) is 0 Å². The van der Waals surface area contributed by atoms with Gasteiger partial charge < -0.3 is 30.0 Å². The molecular formula is C34H42N4O6. The number of hydrogen-bond donors (Lipinski definition) is 3. The van der Waals surface area contributed by atoms with Crippen molar-refractivity contribution < 1.29 is 28.9 Å². The fourth-order valence-corrected chi connectivity index (χ4v) is 5.56. The van der Waals surface area contributed by atoms with Gasteiger partial charge in [-0.25, -0.2) is 4.79 Å². The molecule has 0 bridgehead atoms. The number of hydrogen-bond acceptors (Lipinski definition) is 8. The van der Waals surface area contributed by atoms with Crippen molar-refractivity contribution in [3.05, 3.63) is 101 Å². The number of aliphatic hydroxyl groups is 1. The van der Waals surface area contributed by atoms with Crippen molar-refractivity contribution in [2.24, 2.45) is 0 Å². The van der Waals surface area contributed by atoms with Crippen LogP contribution in [0.25, 0.3) is 0 Å². The molecule has 0 aliphatic carbocycles. The van der Waals surface area contributed by atoms with E-state index in [9.17, 15) is 14.7 Å². The van der Waals surface area contributed by atoms with Crippen LogP contribution in [-0.2, 0) is 32.2 Å². The third kappa shape index (κ3) is 9.10. The number of benzene rings is 3. The van der Waals surface area contributed by atoms with Gasteiger partial charge in [0.1, 0.15) is 6.54 Å². The van der Waals surface area contributed by atoms with E-state index in [2.05, 4.69) is 50.8 Å². The molecular weight excluding hydrogens is 560 g/mol. The average molecular weight is 603 g/mol. The van der Waals surface area contributed by atoms with Crippen LogP contribution in [0.4, 0.5) is 10.5 Å². The van der Waals surface area contributed by atoms with Crippen molar-refractivity contribution in [3.8, 4) is 0 Å². The maximum Gasteiger partial charge on any atom is 0.325 e. The molecule has 0 spiro atoms. The molecule has 2 fully saturated rings. The molecule has 3 atom stereocenters. The standard InChI is InChI=1S/C34H42N4O6/c1-2-42-32(40)21-35-34(41)36-29-14-12-28(13-15-29)33-43-30(20-31(44-33)27-10-8-26(24-39)9-11-27)23-38-18-16-37(17-19-38)22-25-6-4-3-5-7-25/h3-15,30-31,33,39H,2,16-24H2,1H3,(H2,35,36,41)/t30-,31+,33+/m0/s1. The number of nitrogens with one attached hydrogen (secondary N) is 2. The Hall–Kier alpha value is -3.80. The van der Waals surface area contributed by atoms with Crippen LogP contribution < -0.4 is 10.6 Å². The van der Waals surface area contributed by atoms with Gasteiger partial charge >= 0.3 is 12.0 Å². The highest BCUT2D eigenvalue weighted by Gasteiger charge is 2.33. The summed E-state index contributed by atoms with van der Waals surface area (Å²) in [7, 11) is 0. The Bertz CT molecular complexity index is 1330. The monoisotopic (exact) mass is 602 g/mol. The van der Waals surface area contributed by atoms with E-state index in [0.717, 1.165) is 62.4 Å². The minimum absolute atomic E-state index is 0.00233. The Morgan fingerprint density at radius 3 is 2.23 bits per heavy atom. The molecule has 44 heavy (non-hydrogen) atoms. The number of amides is 2. The van der Waals surface area contributed by atoms with Crippen LogP contribution in [0.5, 0.6) is 0 Å². The zero-order chi connectivity index (χ0) is 30.7. The lowest BCUT2D eigenvalue weighted by molar-refractivity contribution is -0.253. The second kappa shape index (κ2) is 15.8. The summed E-state index contributed by atoms with van der Waals surface area (Å²) in [5.74, 6) is -0.492. The molecule has 10 heteroatoms. The van der Waals surface area contributed by atoms with Crippen molar-refractivity contribution in [1.29, 1.82) is 0 Å². The normalized spacial score (nSPS) is 21.0. The van der Waals surface area contributed by atoms with Crippen LogP contribution in [0.3, 0.4) is 0 Å². The van der Waals surface area contributed by atoms with Crippen molar-refractivity contribution in [2.75, 3.05) is 51.2 Å². The zero-order valence-corrected chi connectivity index (χ0v) is 25.2. The number of aliphatic hydroxyl groups excluding tert-OH is 1. The molecule has 0 saturated carbocycles. The second-order valence-electron chi connectivity index (χ2n) is 11.1. The van der Waals surface area contributed by atoms with Crippen LogP contribution in [-0.4, -0.2) is 78.9 Å². The summed E-state index contributed by atoms with van der Waals surface area (Å²) in [6, 6.07) is 25.3. The summed E-state index contributed by atoms with van der Waals surface area (Å²) in [6.45, 7) is 7.52. The van der Waals surface area contributed by atoms with Crippen LogP contribution in [0, 0.1) is 0 Å². The number of ether oxygens (including phenoxy) is 3. The van der Waals surface area contributed by atoms with Crippen LogP contribution >= 0.6 is 0 Å². The fraction of sp³-hybridized carbons (Fsp3) is 0.412. The highest BCUT2D eigenvalue weighted by Crippen LogP contribution is 2.38. The quantitative estimate of drug-likeness (QED) is 0.280. The van der Waals surface area contributed by atoms with Gasteiger partial charge in [-0.3, -0.25) is 14.6 Å². The molecule has 234 valence electrons. The number of carbonyl (C=O) groups is 2. The average Bonchev–Trinajstić information content (AvgIpc) is 3.05. The first kappa shape index (κ1) is 31.6.